The lowest BCUT2D eigenvalue weighted by Crippen LogP contribution is -2.53. The molecule has 0 fully saturated rings. The van der Waals surface area contributed by atoms with Crippen LogP contribution in [0.2, 0.25) is 0 Å². The van der Waals surface area contributed by atoms with Gasteiger partial charge in [-0.1, -0.05) is 72.8 Å². The summed E-state index contributed by atoms with van der Waals surface area (Å²) in [6.45, 7) is 3.94. The Labute approximate surface area is 213 Å². The quantitative estimate of drug-likeness (QED) is 0.430. The van der Waals surface area contributed by atoms with Gasteiger partial charge in [-0.05, 0) is 42.7 Å². The Morgan fingerprint density at radius 2 is 1.47 bits per heavy atom. The standard InChI is InChI=1S/C28H33N3O4S/c1-4-29-28(33)26(19-23-14-7-5-8-15-23)30(20-24-16-12-11-13-22(24)2)27(32)21-31(36(3,34)35)25-17-9-6-10-18-25/h5-18,26H,4,19-21H2,1-3H3,(H,29,33)/t26-/m0/s1. The third kappa shape index (κ3) is 7.18. The van der Waals surface area contributed by atoms with Crippen molar-refractivity contribution in [1.29, 1.82) is 0 Å². The number of carbonyl (C=O) groups is 2. The number of amides is 2. The second-order valence-corrected chi connectivity index (χ2v) is 10.6. The van der Waals surface area contributed by atoms with Gasteiger partial charge in [0.1, 0.15) is 12.6 Å². The van der Waals surface area contributed by atoms with Gasteiger partial charge in [0.05, 0.1) is 11.9 Å². The predicted molar refractivity (Wildman–Crippen MR) is 143 cm³/mol. The number of nitrogens with one attached hydrogen (secondary N) is 1. The van der Waals surface area contributed by atoms with Crippen molar-refractivity contribution < 1.29 is 18.0 Å². The molecule has 0 saturated carbocycles. The second kappa shape index (κ2) is 12.4. The van der Waals surface area contributed by atoms with E-state index in [0.29, 0.717) is 18.7 Å². The van der Waals surface area contributed by atoms with Gasteiger partial charge in [-0.3, -0.25) is 13.9 Å². The number of anilines is 1. The number of hydrogen-bond acceptors (Lipinski definition) is 4. The molecule has 8 heteroatoms. The molecule has 0 heterocycles. The average molecular weight is 508 g/mol. The normalized spacial score (nSPS) is 12.0. The van der Waals surface area contributed by atoms with Crippen LogP contribution in [0.4, 0.5) is 5.69 Å². The van der Waals surface area contributed by atoms with E-state index in [-0.39, 0.29) is 12.5 Å². The Balaban J connectivity index is 2.03. The summed E-state index contributed by atoms with van der Waals surface area (Å²) < 4.78 is 26.4. The molecule has 7 nitrogen and oxygen atoms in total. The van der Waals surface area contributed by atoms with Gasteiger partial charge < -0.3 is 10.2 Å². The Hall–Kier alpha value is -3.65. The van der Waals surface area contributed by atoms with Crippen molar-refractivity contribution in [3.05, 3.63) is 102 Å². The molecule has 3 aromatic rings. The number of para-hydroxylation sites is 1. The summed E-state index contributed by atoms with van der Waals surface area (Å²) in [5, 5.41) is 2.85. The highest BCUT2D eigenvalue weighted by atomic mass is 32.2. The van der Waals surface area contributed by atoms with Crippen molar-refractivity contribution in [3.63, 3.8) is 0 Å². The lowest BCUT2D eigenvalue weighted by atomic mass is 10.0. The monoisotopic (exact) mass is 507 g/mol. The van der Waals surface area contributed by atoms with E-state index in [4.69, 9.17) is 0 Å². The average Bonchev–Trinajstić information content (AvgIpc) is 2.86. The molecular weight excluding hydrogens is 474 g/mol. The van der Waals surface area contributed by atoms with Crippen LogP contribution in [0.1, 0.15) is 23.6 Å². The largest absolute Gasteiger partial charge is 0.355 e. The topological polar surface area (TPSA) is 86.8 Å². The van der Waals surface area contributed by atoms with Crippen LogP contribution in [-0.4, -0.2) is 50.5 Å². The lowest BCUT2D eigenvalue weighted by Gasteiger charge is -2.33. The van der Waals surface area contributed by atoms with Gasteiger partial charge in [-0.15, -0.1) is 0 Å². The van der Waals surface area contributed by atoms with Crippen molar-refractivity contribution in [3.8, 4) is 0 Å². The Bertz CT molecular complexity index is 1260. The zero-order chi connectivity index (χ0) is 26.1. The number of sulfonamides is 1. The first kappa shape index (κ1) is 26.9. The molecule has 0 aliphatic heterocycles. The number of hydrogen-bond donors (Lipinski definition) is 1. The smallest absolute Gasteiger partial charge is 0.244 e. The van der Waals surface area contributed by atoms with Gasteiger partial charge in [0.25, 0.3) is 0 Å². The molecule has 0 aliphatic carbocycles. The summed E-state index contributed by atoms with van der Waals surface area (Å²) in [6, 6.07) is 24.8. The van der Waals surface area contributed by atoms with E-state index in [1.165, 1.54) is 4.90 Å². The minimum atomic E-state index is -3.76. The zero-order valence-electron chi connectivity index (χ0n) is 20.9. The number of benzene rings is 3. The number of nitrogens with zero attached hydrogens (tertiary/aromatic N) is 2. The molecule has 0 aliphatic rings. The van der Waals surface area contributed by atoms with Crippen molar-refractivity contribution in [2.75, 3.05) is 23.7 Å². The molecule has 190 valence electrons. The maximum Gasteiger partial charge on any atom is 0.244 e. The molecule has 0 bridgehead atoms. The molecule has 0 spiro atoms. The van der Waals surface area contributed by atoms with Crippen molar-refractivity contribution >= 4 is 27.5 Å². The van der Waals surface area contributed by atoms with Crippen molar-refractivity contribution in [1.82, 2.24) is 10.2 Å². The van der Waals surface area contributed by atoms with Crippen LogP contribution in [0.5, 0.6) is 0 Å². The highest BCUT2D eigenvalue weighted by molar-refractivity contribution is 7.92. The fourth-order valence-corrected chi connectivity index (χ4v) is 4.87. The fraction of sp³-hybridized carbons (Fsp3) is 0.286. The predicted octanol–water partition coefficient (Wildman–Crippen LogP) is 3.54. The highest BCUT2D eigenvalue weighted by Gasteiger charge is 2.33. The summed E-state index contributed by atoms with van der Waals surface area (Å²) in [6.07, 6.45) is 1.37. The van der Waals surface area contributed by atoms with Crippen LogP contribution < -0.4 is 9.62 Å². The van der Waals surface area contributed by atoms with Crippen LogP contribution in [0.25, 0.3) is 0 Å². The first-order chi connectivity index (χ1) is 17.2. The number of carbonyl (C=O) groups excluding carboxylic acids is 2. The maximum absolute atomic E-state index is 13.9. The molecule has 0 unspecified atom stereocenters. The van der Waals surface area contributed by atoms with Gasteiger partial charge in [0.15, 0.2) is 0 Å². The number of aryl methyl sites for hydroxylation is 1. The first-order valence-corrected chi connectivity index (χ1v) is 13.7. The molecule has 3 rings (SSSR count). The van der Waals surface area contributed by atoms with E-state index >= 15 is 0 Å². The molecule has 0 saturated heterocycles. The Kier molecular flexibility index (Phi) is 9.25. The first-order valence-electron chi connectivity index (χ1n) is 11.9. The van der Waals surface area contributed by atoms with E-state index in [0.717, 1.165) is 27.3 Å². The van der Waals surface area contributed by atoms with E-state index in [2.05, 4.69) is 5.32 Å². The minimum Gasteiger partial charge on any atom is -0.355 e. The van der Waals surface area contributed by atoms with Gasteiger partial charge in [0.2, 0.25) is 21.8 Å². The van der Waals surface area contributed by atoms with Gasteiger partial charge in [0, 0.05) is 19.5 Å². The third-order valence-corrected chi connectivity index (χ3v) is 7.09. The van der Waals surface area contributed by atoms with Crippen LogP contribution in [-0.2, 0) is 32.6 Å². The summed E-state index contributed by atoms with van der Waals surface area (Å²) >= 11 is 0. The maximum atomic E-state index is 13.9. The third-order valence-electron chi connectivity index (χ3n) is 5.95. The van der Waals surface area contributed by atoms with Gasteiger partial charge >= 0.3 is 0 Å². The zero-order valence-corrected chi connectivity index (χ0v) is 21.7. The molecular formula is C28H33N3O4S. The van der Waals surface area contributed by atoms with Gasteiger partial charge in [-0.25, -0.2) is 8.42 Å². The van der Waals surface area contributed by atoms with Crippen LogP contribution in [0.15, 0.2) is 84.9 Å². The molecule has 0 radical (unpaired) electrons. The number of rotatable bonds is 11. The summed E-state index contributed by atoms with van der Waals surface area (Å²) in [5.41, 5.74) is 3.16. The molecule has 36 heavy (non-hydrogen) atoms. The van der Waals surface area contributed by atoms with E-state index in [1.807, 2.05) is 68.4 Å². The number of likely N-dealkylation sites (N-methyl/N-ethyl adjacent to an activating group) is 1. The molecule has 1 N–H and O–H groups in total. The summed E-state index contributed by atoms with van der Waals surface area (Å²) in [5.74, 6) is -0.742. The van der Waals surface area contributed by atoms with Crippen LogP contribution in [0.3, 0.4) is 0 Å². The van der Waals surface area contributed by atoms with Gasteiger partial charge in [-0.2, -0.15) is 0 Å². The Morgan fingerprint density at radius 3 is 2.06 bits per heavy atom. The molecule has 3 aromatic carbocycles. The Morgan fingerprint density at radius 1 is 0.889 bits per heavy atom. The van der Waals surface area contributed by atoms with Crippen molar-refractivity contribution in [2.24, 2.45) is 0 Å². The molecule has 2 amide bonds. The highest BCUT2D eigenvalue weighted by Crippen LogP contribution is 2.21. The SMILES string of the molecule is CCNC(=O)[C@H](Cc1ccccc1)N(Cc1ccccc1C)C(=O)CN(c1ccccc1)S(C)(=O)=O. The fourth-order valence-electron chi connectivity index (χ4n) is 4.02. The van der Waals surface area contributed by atoms with Crippen LogP contribution >= 0.6 is 0 Å². The van der Waals surface area contributed by atoms with Crippen molar-refractivity contribution in [2.45, 2.75) is 32.9 Å². The lowest BCUT2D eigenvalue weighted by molar-refractivity contribution is -0.140. The summed E-state index contributed by atoms with van der Waals surface area (Å²) in [7, 11) is -3.76. The minimum absolute atomic E-state index is 0.173. The second-order valence-electron chi connectivity index (χ2n) is 8.65. The van der Waals surface area contributed by atoms with E-state index in [1.54, 1.807) is 30.3 Å². The van der Waals surface area contributed by atoms with E-state index < -0.39 is 28.5 Å². The summed E-state index contributed by atoms with van der Waals surface area (Å²) in [4.78, 5) is 28.7. The molecule has 1 atom stereocenters. The van der Waals surface area contributed by atoms with E-state index in [9.17, 15) is 18.0 Å². The molecule has 0 aromatic heterocycles. The van der Waals surface area contributed by atoms with Crippen LogP contribution in [0, 0.1) is 6.92 Å².